The average Bonchev–Trinajstić information content (AvgIpc) is 3.50. The van der Waals surface area contributed by atoms with Gasteiger partial charge < -0.3 is 9.80 Å². The first-order valence-electron chi connectivity index (χ1n) is 23.5. The van der Waals surface area contributed by atoms with Gasteiger partial charge in [-0.05, 0) is 25.7 Å². The predicted molar refractivity (Wildman–Crippen MR) is 223 cm³/mol. The highest BCUT2D eigenvalue weighted by atomic mass is 15.4. The standard InChI is InChI=1S/C47H94N2/c1-4-7-10-13-16-19-21-23-24-25-27-29-32-35-38-41-44-49-46-45-48(47(49)42-39-36-33-30-18-15-12-9-6-3)43-40-37-34-31-28-26-22-20-17-14-11-8-5-2/h45-47H,4-44H2,1-3H3. The second-order valence-corrected chi connectivity index (χ2v) is 16.4. The zero-order valence-electron chi connectivity index (χ0n) is 34.6. The van der Waals surface area contributed by atoms with Crippen molar-refractivity contribution in [3.05, 3.63) is 12.4 Å². The summed E-state index contributed by atoms with van der Waals surface area (Å²) in [5.74, 6) is 0. The van der Waals surface area contributed by atoms with E-state index in [4.69, 9.17) is 0 Å². The van der Waals surface area contributed by atoms with Crippen LogP contribution in [0, 0.1) is 0 Å². The van der Waals surface area contributed by atoms with Gasteiger partial charge in [0.1, 0.15) is 6.17 Å². The predicted octanol–water partition coefficient (Wildman–Crippen LogP) is 16.7. The largest absolute Gasteiger partial charge is 0.356 e. The Balaban J connectivity index is 2.17. The van der Waals surface area contributed by atoms with E-state index in [9.17, 15) is 0 Å². The van der Waals surface area contributed by atoms with Gasteiger partial charge in [0.15, 0.2) is 0 Å². The van der Waals surface area contributed by atoms with E-state index in [0.29, 0.717) is 6.17 Å². The molecule has 0 radical (unpaired) electrons. The molecule has 0 saturated carbocycles. The summed E-state index contributed by atoms with van der Waals surface area (Å²) in [6.07, 6.45) is 61.9. The molecule has 49 heavy (non-hydrogen) atoms. The van der Waals surface area contributed by atoms with Gasteiger partial charge >= 0.3 is 0 Å². The van der Waals surface area contributed by atoms with Gasteiger partial charge in [-0.3, -0.25) is 0 Å². The summed E-state index contributed by atoms with van der Waals surface area (Å²) in [7, 11) is 0. The van der Waals surface area contributed by atoms with E-state index in [0.717, 1.165) is 0 Å². The number of unbranched alkanes of at least 4 members (excludes halogenated alkanes) is 35. The Morgan fingerprint density at radius 2 is 0.469 bits per heavy atom. The SMILES string of the molecule is CCCCCCCCCCCCCCCCCCN1C=CN(CCCCCCCCCCCCCCC)C1CCCCCCCCCCC. The second-order valence-electron chi connectivity index (χ2n) is 16.4. The van der Waals surface area contributed by atoms with E-state index in [2.05, 4.69) is 43.0 Å². The van der Waals surface area contributed by atoms with Crippen molar-refractivity contribution in [1.29, 1.82) is 0 Å². The van der Waals surface area contributed by atoms with Crippen LogP contribution in [0.2, 0.25) is 0 Å². The van der Waals surface area contributed by atoms with Gasteiger partial charge in [-0.15, -0.1) is 0 Å². The van der Waals surface area contributed by atoms with Crippen molar-refractivity contribution >= 4 is 0 Å². The van der Waals surface area contributed by atoms with Gasteiger partial charge in [-0.25, -0.2) is 0 Å². The third-order valence-electron chi connectivity index (χ3n) is 11.6. The zero-order chi connectivity index (χ0) is 35.1. The Kier molecular flexibility index (Phi) is 36.5. The van der Waals surface area contributed by atoms with Gasteiger partial charge in [-0.2, -0.15) is 0 Å². The number of hydrogen-bond donors (Lipinski definition) is 0. The molecule has 1 aliphatic rings. The van der Waals surface area contributed by atoms with Crippen LogP contribution in [0.15, 0.2) is 12.4 Å². The maximum atomic E-state index is 2.73. The van der Waals surface area contributed by atoms with Crippen LogP contribution in [0.5, 0.6) is 0 Å². The van der Waals surface area contributed by atoms with Crippen molar-refractivity contribution in [1.82, 2.24) is 9.80 Å². The number of hydrogen-bond acceptors (Lipinski definition) is 2. The third-order valence-corrected chi connectivity index (χ3v) is 11.6. The van der Waals surface area contributed by atoms with Crippen LogP contribution < -0.4 is 0 Å². The summed E-state index contributed by atoms with van der Waals surface area (Å²) in [6.45, 7) is 9.49. The van der Waals surface area contributed by atoms with Crippen LogP contribution in [0.3, 0.4) is 0 Å². The third kappa shape index (κ3) is 30.7. The molecule has 0 N–H and O–H groups in total. The summed E-state index contributed by atoms with van der Waals surface area (Å²) >= 11 is 0. The molecule has 2 nitrogen and oxygen atoms in total. The minimum atomic E-state index is 0.637. The molecule has 0 aromatic rings. The summed E-state index contributed by atoms with van der Waals surface area (Å²) in [5.41, 5.74) is 0. The Bertz CT molecular complexity index is 644. The van der Waals surface area contributed by atoms with Crippen LogP contribution in [0.1, 0.15) is 271 Å². The average molecular weight is 687 g/mol. The second kappa shape index (κ2) is 38.6. The first kappa shape index (κ1) is 46.4. The molecular formula is C47H94N2. The Morgan fingerprint density at radius 1 is 0.265 bits per heavy atom. The van der Waals surface area contributed by atoms with Crippen LogP contribution in [0.25, 0.3) is 0 Å². The van der Waals surface area contributed by atoms with Crippen LogP contribution in [-0.4, -0.2) is 29.1 Å². The molecule has 0 aromatic heterocycles. The summed E-state index contributed by atoms with van der Waals surface area (Å²) in [6, 6.07) is 0. The van der Waals surface area contributed by atoms with E-state index in [1.165, 1.54) is 264 Å². The molecule has 0 aromatic carbocycles. The van der Waals surface area contributed by atoms with Gasteiger partial charge in [0.25, 0.3) is 0 Å². The highest BCUT2D eigenvalue weighted by Crippen LogP contribution is 2.24. The van der Waals surface area contributed by atoms with Crippen LogP contribution in [0.4, 0.5) is 0 Å². The maximum Gasteiger partial charge on any atom is 0.101 e. The molecular weight excluding hydrogens is 593 g/mol. The lowest BCUT2D eigenvalue weighted by Crippen LogP contribution is -2.39. The minimum Gasteiger partial charge on any atom is -0.356 e. The van der Waals surface area contributed by atoms with E-state index in [1.54, 1.807) is 0 Å². The molecule has 0 fully saturated rings. The van der Waals surface area contributed by atoms with E-state index < -0.39 is 0 Å². The fraction of sp³-hybridized carbons (Fsp3) is 0.957. The fourth-order valence-electron chi connectivity index (χ4n) is 8.13. The molecule has 1 atom stereocenters. The summed E-state index contributed by atoms with van der Waals surface area (Å²) < 4.78 is 0. The van der Waals surface area contributed by atoms with Gasteiger partial charge in [0.2, 0.25) is 0 Å². The highest BCUT2D eigenvalue weighted by Gasteiger charge is 2.24. The van der Waals surface area contributed by atoms with Crippen molar-refractivity contribution < 1.29 is 0 Å². The quantitative estimate of drug-likeness (QED) is 0.0591. The molecule has 2 heteroatoms. The molecule has 0 aliphatic carbocycles. The lowest BCUT2D eigenvalue weighted by molar-refractivity contribution is 0.135. The molecule has 1 heterocycles. The first-order chi connectivity index (χ1) is 24.3. The zero-order valence-corrected chi connectivity index (χ0v) is 34.6. The van der Waals surface area contributed by atoms with Crippen molar-refractivity contribution in [3.63, 3.8) is 0 Å². The molecule has 292 valence electrons. The monoisotopic (exact) mass is 687 g/mol. The number of rotatable bonds is 41. The van der Waals surface area contributed by atoms with Crippen LogP contribution >= 0.6 is 0 Å². The van der Waals surface area contributed by atoms with Crippen molar-refractivity contribution in [2.45, 2.75) is 277 Å². The molecule has 0 spiro atoms. The Labute approximate surface area is 311 Å². The van der Waals surface area contributed by atoms with Crippen molar-refractivity contribution in [3.8, 4) is 0 Å². The molecule has 0 bridgehead atoms. The van der Waals surface area contributed by atoms with Gasteiger partial charge in [0, 0.05) is 25.5 Å². The summed E-state index contributed by atoms with van der Waals surface area (Å²) in [4.78, 5) is 5.46. The lowest BCUT2D eigenvalue weighted by Gasteiger charge is -2.33. The molecule has 0 amide bonds. The smallest absolute Gasteiger partial charge is 0.101 e. The van der Waals surface area contributed by atoms with E-state index in [1.807, 2.05) is 0 Å². The fourth-order valence-corrected chi connectivity index (χ4v) is 8.13. The molecule has 1 rings (SSSR count). The lowest BCUT2D eigenvalue weighted by atomic mass is 10.0. The normalized spacial score (nSPS) is 14.6. The maximum absolute atomic E-state index is 2.73. The van der Waals surface area contributed by atoms with Crippen molar-refractivity contribution in [2.75, 3.05) is 13.1 Å². The van der Waals surface area contributed by atoms with E-state index in [-0.39, 0.29) is 0 Å². The first-order valence-corrected chi connectivity index (χ1v) is 23.5. The Hall–Kier alpha value is -0.660. The van der Waals surface area contributed by atoms with Crippen molar-refractivity contribution in [2.24, 2.45) is 0 Å². The molecule has 0 saturated heterocycles. The van der Waals surface area contributed by atoms with Crippen LogP contribution in [-0.2, 0) is 0 Å². The minimum absolute atomic E-state index is 0.637. The number of nitrogens with zero attached hydrogens (tertiary/aromatic N) is 2. The Morgan fingerprint density at radius 3 is 0.714 bits per heavy atom. The van der Waals surface area contributed by atoms with Gasteiger partial charge in [0.05, 0.1) is 0 Å². The molecule has 1 unspecified atom stereocenters. The van der Waals surface area contributed by atoms with E-state index >= 15 is 0 Å². The molecule has 1 aliphatic heterocycles. The topological polar surface area (TPSA) is 6.48 Å². The summed E-state index contributed by atoms with van der Waals surface area (Å²) in [5, 5.41) is 0. The highest BCUT2D eigenvalue weighted by molar-refractivity contribution is 4.97. The van der Waals surface area contributed by atoms with Gasteiger partial charge in [-0.1, -0.05) is 245 Å².